The number of carbonyl (C=O) groups is 1. The predicted octanol–water partition coefficient (Wildman–Crippen LogP) is 3.99. The lowest BCUT2D eigenvalue weighted by Crippen LogP contribution is -2.45. The van der Waals surface area contributed by atoms with Crippen molar-refractivity contribution in [2.45, 2.75) is 38.1 Å². The lowest BCUT2D eigenvalue weighted by atomic mass is 10.0. The van der Waals surface area contributed by atoms with Gasteiger partial charge < -0.3 is 19.9 Å². The van der Waals surface area contributed by atoms with E-state index in [9.17, 15) is 14.9 Å². The molecule has 2 aliphatic rings. The van der Waals surface area contributed by atoms with Gasteiger partial charge in [0.15, 0.2) is 0 Å². The van der Waals surface area contributed by atoms with Crippen molar-refractivity contribution in [3.05, 3.63) is 58.1 Å². The Kier molecular flexibility index (Phi) is 6.78. The van der Waals surface area contributed by atoms with Crippen LogP contribution in [0.3, 0.4) is 0 Å². The Hall–Kier alpha value is -3.29. The first-order valence-electron chi connectivity index (χ1n) is 11.3. The van der Waals surface area contributed by atoms with E-state index in [1.165, 1.54) is 18.6 Å². The molecule has 2 aliphatic heterocycles. The summed E-state index contributed by atoms with van der Waals surface area (Å²) in [6, 6.07) is 12.7. The molecule has 0 radical (unpaired) electrons. The topological polar surface area (TPSA) is 87.9 Å². The number of nitrogens with one attached hydrogen (secondary N) is 1. The molecular weight excluding hydrogens is 408 g/mol. The molecule has 0 spiro atoms. The SMILES string of the molecule is COc1ccc(N2CCC(NC(=O)c3cc([N+](=O)[O-])ccc3N3CCCCC3)CC2)cc1. The number of non-ortho nitro benzene ring substituents is 1. The largest absolute Gasteiger partial charge is 0.497 e. The van der Waals surface area contributed by atoms with Crippen LogP contribution < -0.4 is 19.9 Å². The summed E-state index contributed by atoms with van der Waals surface area (Å²) >= 11 is 0. The first-order chi connectivity index (χ1) is 15.5. The van der Waals surface area contributed by atoms with Gasteiger partial charge >= 0.3 is 0 Å². The summed E-state index contributed by atoms with van der Waals surface area (Å²) < 4.78 is 5.22. The van der Waals surface area contributed by atoms with Crippen molar-refractivity contribution in [1.82, 2.24) is 5.32 Å². The highest BCUT2D eigenvalue weighted by atomic mass is 16.6. The average Bonchev–Trinajstić information content (AvgIpc) is 2.84. The van der Waals surface area contributed by atoms with Gasteiger partial charge in [-0.25, -0.2) is 0 Å². The van der Waals surface area contributed by atoms with Crippen molar-refractivity contribution in [3.63, 3.8) is 0 Å². The molecule has 0 saturated carbocycles. The number of hydrogen-bond acceptors (Lipinski definition) is 6. The number of rotatable bonds is 6. The minimum atomic E-state index is -0.440. The van der Waals surface area contributed by atoms with Gasteiger partial charge in [-0.3, -0.25) is 14.9 Å². The summed E-state index contributed by atoms with van der Waals surface area (Å²) in [5.41, 5.74) is 2.29. The predicted molar refractivity (Wildman–Crippen MR) is 125 cm³/mol. The third-order valence-corrected chi connectivity index (χ3v) is 6.40. The van der Waals surface area contributed by atoms with E-state index in [0.717, 1.165) is 69.0 Å². The van der Waals surface area contributed by atoms with Crippen molar-refractivity contribution in [3.8, 4) is 5.75 Å². The first kappa shape index (κ1) is 21.9. The van der Waals surface area contributed by atoms with Gasteiger partial charge in [-0.1, -0.05) is 0 Å². The highest BCUT2D eigenvalue weighted by molar-refractivity contribution is 6.00. The Morgan fingerprint density at radius 1 is 1.00 bits per heavy atom. The van der Waals surface area contributed by atoms with E-state index < -0.39 is 4.92 Å². The highest BCUT2D eigenvalue weighted by Gasteiger charge is 2.25. The van der Waals surface area contributed by atoms with Crippen LogP contribution in [0.25, 0.3) is 0 Å². The number of nitro groups is 1. The molecule has 2 fully saturated rings. The summed E-state index contributed by atoms with van der Waals surface area (Å²) in [6.07, 6.45) is 4.97. The molecule has 32 heavy (non-hydrogen) atoms. The molecule has 1 amide bonds. The second kappa shape index (κ2) is 9.89. The monoisotopic (exact) mass is 438 g/mol. The summed E-state index contributed by atoms with van der Waals surface area (Å²) in [5.74, 6) is 0.606. The Bertz CT molecular complexity index is 949. The third-order valence-electron chi connectivity index (χ3n) is 6.40. The van der Waals surface area contributed by atoms with Gasteiger partial charge in [-0.05, 0) is 62.4 Å². The molecular formula is C24H30N4O4. The van der Waals surface area contributed by atoms with Gasteiger partial charge in [0.2, 0.25) is 0 Å². The van der Waals surface area contributed by atoms with Crippen LogP contribution in [-0.2, 0) is 0 Å². The molecule has 4 rings (SSSR count). The minimum Gasteiger partial charge on any atom is -0.497 e. The smallest absolute Gasteiger partial charge is 0.270 e. The van der Waals surface area contributed by atoms with E-state index in [-0.39, 0.29) is 17.6 Å². The van der Waals surface area contributed by atoms with Crippen molar-refractivity contribution in [2.75, 3.05) is 43.1 Å². The van der Waals surface area contributed by atoms with E-state index in [0.29, 0.717) is 5.56 Å². The van der Waals surface area contributed by atoms with E-state index in [1.54, 1.807) is 13.2 Å². The van der Waals surface area contributed by atoms with E-state index in [1.807, 2.05) is 24.3 Å². The average molecular weight is 439 g/mol. The van der Waals surface area contributed by atoms with Gasteiger partial charge in [-0.15, -0.1) is 0 Å². The molecule has 1 N–H and O–H groups in total. The van der Waals surface area contributed by atoms with E-state index in [2.05, 4.69) is 15.1 Å². The van der Waals surface area contributed by atoms with Crippen LogP contribution in [0.5, 0.6) is 5.75 Å². The zero-order valence-corrected chi connectivity index (χ0v) is 18.5. The van der Waals surface area contributed by atoms with Crippen LogP contribution in [0.4, 0.5) is 17.1 Å². The van der Waals surface area contributed by atoms with Crippen LogP contribution in [0.2, 0.25) is 0 Å². The summed E-state index contributed by atoms with van der Waals surface area (Å²) in [7, 11) is 1.65. The molecule has 0 aromatic heterocycles. The second-order valence-corrected chi connectivity index (χ2v) is 8.44. The van der Waals surface area contributed by atoms with Gasteiger partial charge in [0, 0.05) is 50.0 Å². The number of benzene rings is 2. The van der Waals surface area contributed by atoms with Gasteiger partial charge in [0.1, 0.15) is 5.75 Å². The Morgan fingerprint density at radius 2 is 1.69 bits per heavy atom. The molecule has 2 aromatic carbocycles. The zero-order chi connectivity index (χ0) is 22.5. The number of hydrogen-bond donors (Lipinski definition) is 1. The number of nitro benzene ring substituents is 1. The van der Waals surface area contributed by atoms with Crippen LogP contribution >= 0.6 is 0 Å². The number of amides is 1. The summed E-state index contributed by atoms with van der Waals surface area (Å²) in [6.45, 7) is 3.42. The number of methoxy groups -OCH3 is 1. The Morgan fingerprint density at radius 3 is 2.31 bits per heavy atom. The van der Waals surface area contributed by atoms with Crippen molar-refractivity contribution in [2.24, 2.45) is 0 Å². The zero-order valence-electron chi connectivity index (χ0n) is 18.5. The second-order valence-electron chi connectivity index (χ2n) is 8.44. The van der Waals surface area contributed by atoms with Crippen LogP contribution in [0, 0.1) is 10.1 Å². The standard InChI is InChI=1S/C24H30N4O4/c1-32-21-8-5-19(6-9-21)26-15-11-18(12-16-26)25-24(29)22-17-20(28(30)31)7-10-23(22)27-13-3-2-4-14-27/h5-10,17-18H,2-4,11-16H2,1H3,(H,25,29). The minimum absolute atomic E-state index is 0.0467. The fourth-order valence-electron chi connectivity index (χ4n) is 4.57. The van der Waals surface area contributed by atoms with E-state index in [4.69, 9.17) is 4.74 Å². The number of ether oxygens (including phenoxy) is 1. The summed E-state index contributed by atoms with van der Waals surface area (Å²) in [5, 5.41) is 14.4. The molecule has 0 unspecified atom stereocenters. The summed E-state index contributed by atoms with van der Waals surface area (Å²) in [4.78, 5) is 28.5. The lowest BCUT2D eigenvalue weighted by molar-refractivity contribution is -0.384. The number of piperidine rings is 2. The molecule has 8 nitrogen and oxygen atoms in total. The molecule has 170 valence electrons. The molecule has 2 saturated heterocycles. The maximum absolute atomic E-state index is 13.2. The van der Waals surface area contributed by atoms with Gasteiger partial charge in [0.25, 0.3) is 11.6 Å². The van der Waals surface area contributed by atoms with Crippen LogP contribution in [-0.4, -0.2) is 50.2 Å². The quantitative estimate of drug-likeness (QED) is 0.542. The highest BCUT2D eigenvalue weighted by Crippen LogP contribution is 2.29. The van der Waals surface area contributed by atoms with Gasteiger partial charge in [0.05, 0.1) is 23.3 Å². The molecule has 2 aromatic rings. The lowest BCUT2D eigenvalue weighted by Gasteiger charge is -2.34. The van der Waals surface area contributed by atoms with Crippen molar-refractivity contribution in [1.29, 1.82) is 0 Å². The maximum atomic E-state index is 13.2. The van der Waals surface area contributed by atoms with E-state index >= 15 is 0 Å². The fourth-order valence-corrected chi connectivity index (χ4v) is 4.57. The number of carbonyl (C=O) groups excluding carboxylic acids is 1. The van der Waals surface area contributed by atoms with Crippen LogP contribution in [0.1, 0.15) is 42.5 Å². The van der Waals surface area contributed by atoms with Crippen LogP contribution in [0.15, 0.2) is 42.5 Å². The number of nitrogens with zero attached hydrogens (tertiary/aromatic N) is 3. The van der Waals surface area contributed by atoms with Gasteiger partial charge in [-0.2, -0.15) is 0 Å². The molecule has 2 heterocycles. The Balaban J connectivity index is 1.43. The molecule has 0 bridgehead atoms. The van der Waals surface area contributed by atoms with Crippen molar-refractivity contribution >= 4 is 23.0 Å². The molecule has 0 aliphatic carbocycles. The first-order valence-corrected chi connectivity index (χ1v) is 11.3. The molecule has 0 atom stereocenters. The third kappa shape index (κ3) is 4.95. The number of anilines is 2. The fraction of sp³-hybridized carbons (Fsp3) is 0.458. The maximum Gasteiger partial charge on any atom is 0.270 e. The normalized spacial score (nSPS) is 17.2. The molecule has 8 heteroatoms. The Labute approximate surface area is 188 Å². The van der Waals surface area contributed by atoms with Crippen molar-refractivity contribution < 1.29 is 14.5 Å².